The number of benzene rings is 2. The van der Waals surface area contributed by atoms with E-state index in [-0.39, 0.29) is 22.3 Å². The molecule has 0 unspecified atom stereocenters. The van der Waals surface area contributed by atoms with Crippen molar-refractivity contribution in [1.29, 1.82) is 0 Å². The Labute approximate surface area is 142 Å². The number of hydrogen-bond acceptors (Lipinski definition) is 5. The standard InChI is InChI=1S/C15H15BrN2O4S/c1-10(11-3-5-12(16)6-4-11)17-14-8-7-13(23(2,21)22)9-15(14)18(19)20/h3-10,17H,1-2H3/t10-/m1/s1. The van der Waals surface area contributed by atoms with Crippen LogP contribution in [0, 0.1) is 10.1 Å². The predicted molar refractivity (Wildman–Crippen MR) is 92.4 cm³/mol. The van der Waals surface area contributed by atoms with Crippen molar-refractivity contribution in [2.75, 3.05) is 11.6 Å². The van der Waals surface area contributed by atoms with Crippen molar-refractivity contribution < 1.29 is 13.3 Å². The minimum Gasteiger partial charge on any atom is -0.373 e. The highest BCUT2D eigenvalue weighted by atomic mass is 79.9. The molecule has 6 nitrogen and oxygen atoms in total. The van der Waals surface area contributed by atoms with E-state index < -0.39 is 14.8 Å². The molecule has 0 aliphatic carbocycles. The molecule has 0 radical (unpaired) electrons. The van der Waals surface area contributed by atoms with E-state index in [4.69, 9.17) is 0 Å². The number of anilines is 1. The molecule has 1 atom stereocenters. The van der Waals surface area contributed by atoms with Crippen molar-refractivity contribution in [3.63, 3.8) is 0 Å². The van der Waals surface area contributed by atoms with E-state index in [1.807, 2.05) is 31.2 Å². The van der Waals surface area contributed by atoms with Crippen LogP contribution in [-0.2, 0) is 9.84 Å². The largest absolute Gasteiger partial charge is 0.373 e. The number of nitro groups is 1. The summed E-state index contributed by atoms with van der Waals surface area (Å²) < 4.78 is 24.0. The van der Waals surface area contributed by atoms with Crippen LogP contribution >= 0.6 is 15.9 Å². The lowest BCUT2D eigenvalue weighted by molar-refractivity contribution is -0.384. The molecular weight excluding hydrogens is 384 g/mol. The zero-order chi connectivity index (χ0) is 17.2. The van der Waals surface area contributed by atoms with Crippen molar-refractivity contribution in [1.82, 2.24) is 0 Å². The third-order valence-corrected chi connectivity index (χ3v) is 4.97. The highest BCUT2D eigenvalue weighted by molar-refractivity contribution is 9.10. The minimum absolute atomic E-state index is 0.0777. The van der Waals surface area contributed by atoms with Crippen LogP contribution in [0.25, 0.3) is 0 Å². The molecule has 2 aromatic rings. The van der Waals surface area contributed by atoms with Crippen molar-refractivity contribution in [2.24, 2.45) is 0 Å². The first-order valence-corrected chi connectivity index (χ1v) is 9.37. The SMILES string of the molecule is C[C@@H](Nc1ccc(S(C)(=O)=O)cc1[N+](=O)[O-])c1ccc(Br)cc1. The Morgan fingerprint density at radius 1 is 1.17 bits per heavy atom. The molecule has 23 heavy (non-hydrogen) atoms. The fourth-order valence-corrected chi connectivity index (χ4v) is 2.99. The van der Waals surface area contributed by atoms with Gasteiger partial charge in [-0.2, -0.15) is 0 Å². The fourth-order valence-electron chi connectivity index (χ4n) is 2.08. The number of sulfone groups is 1. The Balaban J connectivity index is 2.35. The van der Waals surface area contributed by atoms with E-state index in [2.05, 4.69) is 21.2 Å². The zero-order valence-corrected chi connectivity index (χ0v) is 14.9. The maximum Gasteiger partial charge on any atom is 0.293 e. The lowest BCUT2D eigenvalue weighted by atomic mass is 10.1. The molecule has 8 heteroatoms. The summed E-state index contributed by atoms with van der Waals surface area (Å²) in [5.41, 5.74) is 0.962. The number of halogens is 1. The third kappa shape index (κ3) is 4.29. The Hall–Kier alpha value is -1.93. The first-order chi connectivity index (χ1) is 10.7. The Kier molecular flexibility index (Phi) is 5.06. The summed E-state index contributed by atoms with van der Waals surface area (Å²) in [6.45, 7) is 1.87. The summed E-state index contributed by atoms with van der Waals surface area (Å²) in [6, 6.07) is 11.3. The third-order valence-electron chi connectivity index (χ3n) is 3.34. The molecule has 0 spiro atoms. The zero-order valence-electron chi connectivity index (χ0n) is 12.5. The van der Waals surface area contributed by atoms with Crippen molar-refractivity contribution in [3.8, 4) is 0 Å². The van der Waals surface area contributed by atoms with Crippen LogP contribution in [0.2, 0.25) is 0 Å². The van der Waals surface area contributed by atoms with E-state index in [1.165, 1.54) is 12.1 Å². The molecule has 0 amide bonds. The van der Waals surface area contributed by atoms with Gasteiger partial charge < -0.3 is 5.32 Å². The quantitative estimate of drug-likeness (QED) is 0.608. The predicted octanol–water partition coefficient (Wildman–Crippen LogP) is 3.93. The van der Waals surface area contributed by atoms with Crippen molar-refractivity contribution >= 4 is 37.1 Å². The van der Waals surface area contributed by atoms with Gasteiger partial charge >= 0.3 is 0 Å². The van der Waals surface area contributed by atoms with E-state index in [1.54, 1.807) is 0 Å². The van der Waals surface area contributed by atoms with Gasteiger partial charge in [-0.25, -0.2) is 8.42 Å². The van der Waals surface area contributed by atoms with Gasteiger partial charge in [0.2, 0.25) is 0 Å². The average Bonchev–Trinajstić information content (AvgIpc) is 2.46. The summed E-state index contributed by atoms with van der Waals surface area (Å²) in [7, 11) is -3.50. The normalized spacial score (nSPS) is 12.7. The van der Waals surface area contributed by atoms with Crippen molar-refractivity contribution in [3.05, 3.63) is 62.6 Å². The van der Waals surface area contributed by atoms with Gasteiger partial charge in [0, 0.05) is 22.8 Å². The second-order valence-corrected chi connectivity index (χ2v) is 8.06. The molecule has 0 bridgehead atoms. The first-order valence-electron chi connectivity index (χ1n) is 6.69. The van der Waals surface area contributed by atoms with Crippen molar-refractivity contribution in [2.45, 2.75) is 17.9 Å². The Morgan fingerprint density at radius 3 is 2.30 bits per heavy atom. The van der Waals surface area contributed by atoms with Crippen LogP contribution in [0.1, 0.15) is 18.5 Å². The molecule has 0 aliphatic heterocycles. The number of nitrogens with zero attached hydrogens (tertiary/aromatic N) is 1. The second kappa shape index (κ2) is 6.67. The lowest BCUT2D eigenvalue weighted by Crippen LogP contribution is -2.09. The summed E-state index contributed by atoms with van der Waals surface area (Å²) in [6.07, 6.45) is 1.02. The molecule has 0 aromatic heterocycles. The topological polar surface area (TPSA) is 89.3 Å². The Bertz CT molecular complexity index is 835. The van der Waals surface area contributed by atoms with Gasteiger partial charge in [-0.05, 0) is 36.8 Å². The molecule has 0 heterocycles. The van der Waals surface area contributed by atoms with E-state index in [0.29, 0.717) is 0 Å². The van der Waals surface area contributed by atoms with Crippen LogP contribution in [0.3, 0.4) is 0 Å². The Morgan fingerprint density at radius 2 is 1.78 bits per heavy atom. The van der Waals surface area contributed by atoms with Gasteiger partial charge in [0.1, 0.15) is 5.69 Å². The van der Waals surface area contributed by atoms with E-state index in [9.17, 15) is 18.5 Å². The minimum atomic E-state index is -3.50. The molecule has 2 rings (SSSR count). The van der Waals surface area contributed by atoms with Gasteiger partial charge in [-0.1, -0.05) is 28.1 Å². The van der Waals surface area contributed by atoms with Gasteiger partial charge in [0.25, 0.3) is 5.69 Å². The van der Waals surface area contributed by atoms with E-state index >= 15 is 0 Å². The number of hydrogen-bond donors (Lipinski definition) is 1. The molecule has 0 aliphatic rings. The molecular formula is C15H15BrN2O4S. The second-order valence-electron chi connectivity index (χ2n) is 5.13. The number of nitro benzene ring substituents is 1. The molecule has 1 N–H and O–H groups in total. The van der Waals surface area contributed by atoms with Crippen LogP contribution < -0.4 is 5.32 Å². The van der Waals surface area contributed by atoms with Gasteiger partial charge in [0.15, 0.2) is 9.84 Å². The maximum absolute atomic E-state index is 11.5. The molecule has 0 saturated heterocycles. The summed E-state index contributed by atoms with van der Waals surface area (Å²) in [5.74, 6) is 0. The lowest BCUT2D eigenvalue weighted by Gasteiger charge is -2.16. The highest BCUT2D eigenvalue weighted by Crippen LogP contribution is 2.30. The summed E-state index contributed by atoms with van der Waals surface area (Å²) >= 11 is 3.35. The molecule has 122 valence electrons. The van der Waals surface area contributed by atoms with Crippen LogP contribution in [-0.4, -0.2) is 19.6 Å². The van der Waals surface area contributed by atoms with Crippen LogP contribution in [0.4, 0.5) is 11.4 Å². The average molecular weight is 399 g/mol. The smallest absolute Gasteiger partial charge is 0.293 e. The van der Waals surface area contributed by atoms with Gasteiger partial charge in [-0.15, -0.1) is 0 Å². The molecule has 2 aromatic carbocycles. The van der Waals surface area contributed by atoms with E-state index in [0.717, 1.165) is 22.4 Å². The fraction of sp³-hybridized carbons (Fsp3) is 0.200. The highest BCUT2D eigenvalue weighted by Gasteiger charge is 2.20. The molecule has 0 saturated carbocycles. The number of rotatable bonds is 5. The molecule has 0 fully saturated rings. The van der Waals surface area contributed by atoms with Crippen LogP contribution in [0.15, 0.2) is 51.8 Å². The maximum atomic E-state index is 11.5. The van der Waals surface area contributed by atoms with Crippen LogP contribution in [0.5, 0.6) is 0 Å². The monoisotopic (exact) mass is 398 g/mol. The summed E-state index contributed by atoms with van der Waals surface area (Å²) in [4.78, 5) is 10.6. The number of nitrogens with one attached hydrogen (secondary N) is 1. The first kappa shape index (κ1) is 17.4. The van der Waals surface area contributed by atoms with Gasteiger partial charge in [0.05, 0.1) is 9.82 Å². The summed E-state index contributed by atoms with van der Waals surface area (Å²) in [5, 5.41) is 14.3. The van der Waals surface area contributed by atoms with Gasteiger partial charge in [-0.3, -0.25) is 10.1 Å².